The van der Waals surface area contributed by atoms with Crippen molar-refractivity contribution in [1.82, 2.24) is 0 Å². The second-order valence-corrected chi connectivity index (χ2v) is 3.26. The third-order valence-corrected chi connectivity index (χ3v) is 2.08. The first-order valence-electron chi connectivity index (χ1n) is 3.44. The van der Waals surface area contributed by atoms with Crippen molar-refractivity contribution in [3.05, 3.63) is 16.6 Å². The van der Waals surface area contributed by atoms with Gasteiger partial charge in [0.1, 0.15) is 0 Å². The Labute approximate surface area is 78.4 Å². The van der Waals surface area contributed by atoms with E-state index in [0.717, 1.165) is 10.2 Å². The third kappa shape index (κ3) is 1.12. The summed E-state index contributed by atoms with van der Waals surface area (Å²) in [7, 11) is 1.60. The lowest BCUT2D eigenvalue weighted by Gasteiger charge is -2.04. The first-order valence-corrected chi connectivity index (χ1v) is 4.23. The van der Waals surface area contributed by atoms with E-state index in [1.807, 2.05) is 12.1 Å². The zero-order chi connectivity index (χ0) is 8.55. The average molecular weight is 231 g/mol. The maximum absolute atomic E-state index is 5.21. The van der Waals surface area contributed by atoms with Gasteiger partial charge >= 0.3 is 0 Å². The highest BCUT2D eigenvalue weighted by Crippen LogP contribution is 2.42. The fraction of sp³-hybridized carbons (Fsp3) is 0.250. The van der Waals surface area contributed by atoms with Crippen LogP contribution in [0.5, 0.6) is 17.2 Å². The Morgan fingerprint density at radius 3 is 3.00 bits per heavy atom. The molecule has 4 heteroatoms. The third-order valence-electron chi connectivity index (χ3n) is 1.62. The lowest BCUT2D eigenvalue weighted by atomic mass is 10.3. The van der Waals surface area contributed by atoms with Crippen molar-refractivity contribution < 1.29 is 14.2 Å². The van der Waals surface area contributed by atoms with Gasteiger partial charge in [-0.2, -0.15) is 0 Å². The van der Waals surface area contributed by atoms with Gasteiger partial charge in [0, 0.05) is 4.47 Å². The Hall–Kier alpha value is -0.900. The summed E-state index contributed by atoms with van der Waals surface area (Å²) in [6.07, 6.45) is 0. The highest BCUT2D eigenvalue weighted by molar-refractivity contribution is 9.10. The molecule has 64 valence electrons. The molecule has 1 aromatic carbocycles. The van der Waals surface area contributed by atoms with E-state index >= 15 is 0 Å². The fourth-order valence-electron chi connectivity index (χ4n) is 1.10. The normalized spacial score (nSPS) is 13.2. The van der Waals surface area contributed by atoms with Crippen LogP contribution in [0.2, 0.25) is 0 Å². The van der Waals surface area contributed by atoms with Gasteiger partial charge in [-0.05, 0) is 12.1 Å². The minimum atomic E-state index is 0.266. The van der Waals surface area contributed by atoms with Crippen LogP contribution in [0.4, 0.5) is 0 Å². The number of ether oxygens (including phenoxy) is 3. The van der Waals surface area contributed by atoms with Crippen LogP contribution in [-0.4, -0.2) is 13.9 Å². The van der Waals surface area contributed by atoms with Gasteiger partial charge in [-0.1, -0.05) is 15.9 Å². The molecule has 0 fully saturated rings. The summed E-state index contributed by atoms with van der Waals surface area (Å²) < 4.78 is 16.4. The van der Waals surface area contributed by atoms with Gasteiger partial charge in [0.25, 0.3) is 0 Å². The molecule has 0 N–H and O–H groups in total. The van der Waals surface area contributed by atoms with Crippen molar-refractivity contribution in [1.29, 1.82) is 0 Å². The van der Waals surface area contributed by atoms with Crippen LogP contribution < -0.4 is 14.2 Å². The first-order chi connectivity index (χ1) is 5.81. The summed E-state index contributed by atoms with van der Waals surface area (Å²) in [5.41, 5.74) is 0. The maximum atomic E-state index is 5.21. The van der Waals surface area contributed by atoms with Crippen LogP contribution in [0.3, 0.4) is 0 Å². The molecular weight excluding hydrogens is 224 g/mol. The summed E-state index contributed by atoms with van der Waals surface area (Å²) >= 11 is 3.34. The van der Waals surface area contributed by atoms with Gasteiger partial charge in [0.05, 0.1) is 7.11 Å². The number of hydrogen-bond acceptors (Lipinski definition) is 3. The molecule has 0 radical (unpaired) electrons. The molecule has 2 rings (SSSR count). The number of halogens is 1. The van der Waals surface area contributed by atoms with E-state index in [-0.39, 0.29) is 6.79 Å². The molecular formula is C8H7BrO3. The minimum Gasteiger partial charge on any atom is -0.493 e. The maximum Gasteiger partial charge on any atom is 0.231 e. The Morgan fingerprint density at radius 2 is 2.25 bits per heavy atom. The second-order valence-electron chi connectivity index (χ2n) is 2.34. The van der Waals surface area contributed by atoms with Crippen LogP contribution in [0.1, 0.15) is 0 Å². The predicted molar refractivity (Wildman–Crippen MR) is 46.8 cm³/mol. The number of rotatable bonds is 1. The molecule has 3 nitrogen and oxygen atoms in total. The molecule has 1 aliphatic heterocycles. The molecule has 1 aromatic rings. The van der Waals surface area contributed by atoms with Crippen LogP contribution in [0.25, 0.3) is 0 Å². The van der Waals surface area contributed by atoms with Crippen molar-refractivity contribution in [3.8, 4) is 17.2 Å². The van der Waals surface area contributed by atoms with Gasteiger partial charge in [0.15, 0.2) is 11.5 Å². The number of hydrogen-bond donors (Lipinski definition) is 0. The summed E-state index contributed by atoms with van der Waals surface area (Å²) in [6, 6.07) is 3.69. The van der Waals surface area contributed by atoms with E-state index in [9.17, 15) is 0 Å². The van der Waals surface area contributed by atoms with Crippen molar-refractivity contribution in [2.24, 2.45) is 0 Å². The number of methoxy groups -OCH3 is 1. The Kier molecular flexibility index (Phi) is 1.84. The van der Waals surface area contributed by atoms with Crippen molar-refractivity contribution in [2.75, 3.05) is 13.9 Å². The summed E-state index contributed by atoms with van der Waals surface area (Å²) in [5, 5.41) is 0. The topological polar surface area (TPSA) is 27.7 Å². The highest BCUT2D eigenvalue weighted by Gasteiger charge is 2.19. The van der Waals surface area contributed by atoms with E-state index in [4.69, 9.17) is 14.2 Å². The molecule has 0 aliphatic carbocycles. The van der Waals surface area contributed by atoms with Gasteiger partial charge in [-0.3, -0.25) is 0 Å². The molecule has 0 saturated heterocycles. The minimum absolute atomic E-state index is 0.266. The van der Waals surface area contributed by atoms with Gasteiger partial charge in [0.2, 0.25) is 12.5 Å². The fourth-order valence-corrected chi connectivity index (χ4v) is 1.51. The second kappa shape index (κ2) is 2.86. The number of benzene rings is 1. The van der Waals surface area contributed by atoms with Gasteiger partial charge in [-0.25, -0.2) is 0 Å². The van der Waals surface area contributed by atoms with Crippen LogP contribution in [-0.2, 0) is 0 Å². The van der Waals surface area contributed by atoms with Crippen LogP contribution in [0.15, 0.2) is 16.6 Å². The van der Waals surface area contributed by atoms with Gasteiger partial charge < -0.3 is 14.2 Å². The molecule has 1 aliphatic rings. The summed E-state index contributed by atoms with van der Waals surface area (Å²) in [6.45, 7) is 0.266. The smallest absolute Gasteiger partial charge is 0.231 e. The molecule has 1 heterocycles. The highest BCUT2D eigenvalue weighted by atomic mass is 79.9. The Bertz CT molecular complexity index is 311. The molecule has 0 saturated carbocycles. The lowest BCUT2D eigenvalue weighted by Crippen LogP contribution is -1.93. The molecule has 0 spiro atoms. The predicted octanol–water partition coefficient (Wildman–Crippen LogP) is 2.19. The van der Waals surface area contributed by atoms with Gasteiger partial charge in [-0.15, -0.1) is 0 Å². The molecule has 0 atom stereocenters. The van der Waals surface area contributed by atoms with Crippen molar-refractivity contribution >= 4 is 15.9 Å². The van der Waals surface area contributed by atoms with Crippen molar-refractivity contribution in [2.45, 2.75) is 0 Å². The van der Waals surface area contributed by atoms with Crippen LogP contribution in [0, 0.1) is 0 Å². The summed E-state index contributed by atoms with van der Waals surface area (Å²) in [5.74, 6) is 2.10. The Morgan fingerprint density at radius 1 is 1.42 bits per heavy atom. The average Bonchev–Trinajstić information content (AvgIpc) is 2.50. The standard InChI is InChI=1S/C8H7BrO3/c1-10-6-2-5(9)3-7-8(6)12-4-11-7/h2-3H,4H2,1H3. The van der Waals surface area contributed by atoms with E-state index < -0.39 is 0 Å². The van der Waals surface area contributed by atoms with Crippen LogP contribution >= 0.6 is 15.9 Å². The molecule has 0 amide bonds. The molecule has 0 unspecified atom stereocenters. The zero-order valence-corrected chi connectivity index (χ0v) is 8.05. The molecule has 0 aromatic heterocycles. The van der Waals surface area contributed by atoms with Crippen molar-refractivity contribution in [3.63, 3.8) is 0 Å². The number of fused-ring (bicyclic) bond motifs is 1. The van der Waals surface area contributed by atoms with E-state index in [1.54, 1.807) is 7.11 Å². The van der Waals surface area contributed by atoms with E-state index in [2.05, 4.69) is 15.9 Å². The Balaban J connectivity index is 2.55. The monoisotopic (exact) mass is 230 g/mol. The molecule has 0 bridgehead atoms. The summed E-state index contributed by atoms with van der Waals surface area (Å²) in [4.78, 5) is 0. The largest absolute Gasteiger partial charge is 0.493 e. The first kappa shape index (κ1) is 7.73. The zero-order valence-electron chi connectivity index (χ0n) is 6.46. The molecule has 12 heavy (non-hydrogen) atoms. The lowest BCUT2D eigenvalue weighted by molar-refractivity contribution is 0.171. The van der Waals surface area contributed by atoms with E-state index in [0.29, 0.717) is 11.5 Å². The van der Waals surface area contributed by atoms with E-state index in [1.165, 1.54) is 0 Å². The SMILES string of the molecule is COc1cc(Br)cc2c1OCO2. The quantitative estimate of drug-likeness (QED) is 0.741.